The van der Waals surface area contributed by atoms with Crippen LogP contribution < -0.4 is 9.46 Å². The summed E-state index contributed by atoms with van der Waals surface area (Å²) < 4.78 is 55.5. The first kappa shape index (κ1) is 31.2. The second-order valence-electron chi connectivity index (χ2n) is 14.2. The van der Waals surface area contributed by atoms with Crippen LogP contribution in [0.15, 0.2) is 54.7 Å². The van der Waals surface area contributed by atoms with Crippen molar-refractivity contribution >= 4 is 51.8 Å². The Morgan fingerprint density at radius 3 is 2.46 bits per heavy atom. The monoisotopic (exact) mass is 643 g/mol. The molecule has 9 nitrogen and oxygen atoms in total. The van der Waals surface area contributed by atoms with Crippen molar-refractivity contribution < 1.29 is 27.6 Å². The number of alkyl halides is 2. The molecule has 3 atom stereocenters. The third-order valence-corrected chi connectivity index (χ3v) is 10.7. The zero-order valence-electron chi connectivity index (χ0n) is 26.6. The summed E-state index contributed by atoms with van der Waals surface area (Å²) in [5.74, 6) is 0.493. The summed E-state index contributed by atoms with van der Waals surface area (Å²) in [6, 6.07) is 13.9. The molecule has 1 fully saturated rings. The molecule has 15 heteroatoms. The predicted molar refractivity (Wildman–Crippen MR) is 180 cm³/mol. The molecule has 0 aliphatic carbocycles. The van der Waals surface area contributed by atoms with E-state index in [9.17, 15) is 18.1 Å². The number of fused-ring (bicyclic) bond motifs is 9. The minimum absolute atomic E-state index is 0.000839. The lowest BCUT2D eigenvalue weighted by atomic mass is 9.48. The Morgan fingerprint density at radius 2 is 1.85 bits per heavy atom. The Morgan fingerprint density at radius 1 is 1.11 bits per heavy atom. The molecule has 1 N–H and O–H groups in total. The summed E-state index contributed by atoms with van der Waals surface area (Å²) in [6.45, 7) is 3.48. The molecule has 46 heavy (non-hydrogen) atoms. The summed E-state index contributed by atoms with van der Waals surface area (Å²) in [4.78, 5) is 25.6. The molecule has 3 aliphatic heterocycles. The normalized spacial score (nSPS) is 21.1. The summed E-state index contributed by atoms with van der Waals surface area (Å²) in [5, 5.41) is -0.559. The number of hydrogen-bond donors (Lipinski definition) is 1. The smallest absolute Gasteiger partial charge is 0.387 e. The number of carbonyl (C=O) groups is 1. The summed E-state index contributed by atoms with van der Waals surface area (Å²) in [5.41, 5.74) is 4.30. The van der Waals surface area contributed by atoms with Crippen LogP contribution in [0.25, 0.3) is 22.2 Å². The van der Waals surface area contributed by atoms with E-state index in [2.05, 4.69) is 9.29 Å². The van der Waals surface area contributed by atoms with Crippen LogP contribution >= 0.6 is 0 Å². The van der Waals surface area contributed by atoms with E-state index in [1.54, 1.807) is 18.3 Å². The number of halogens is 2. The molecule has 0 radical (unpaired) electrons. The molecule has 3 aliphatic rings. The highest BCUT2D eigenvalue weighted by molar-refractivity contribution is 7.90. The second kappa shape index (κ2) is 10.8. The van der Waals surface area contributed by atoms with Crippen LogP contribution in [0.2, 0.25) is 0 Å². The van der Waals surface area contributed by atoms with Gasteiger partial charge >= 0.3 is 6.61 Å². The first-order valence-electron chi connectivity index (χ1n) is 15.4. The van der Waals surface area contributed by atoms with Crippen molar-refractivity contribution in [3.63, 3.8) is 0 Å². The molecule has 0 spiro atoms. The van der Waals surface area contributed by atoms with Gasteiger partial charge in [-0.05, 0) is 61.9 Å². The average molecular weight is 643 g/mol. The molecule has 1 unspecified atom stereocenters. The number of amides is 1. The lowest BCUT2D eigenvalue weighted by molar-refractivity contribution is -0.0688. The lowest BCUT2D eigenvalue weighted by Gasteiger charge is -2.42. The van der Waals surface area contributed by atoms with E-state index in [1.807, 2.05) is 79.5 Å². The van der Waals surface area contributed by atoms with Crippen LogP contribution in [-0.4, -0.2) is 83.2 Å². The Labute approximate surface area is 272 Å². The highest BCUT2D eigenvalue weighted by Crippen LogP contribution is 2.51. The Bertz CT molecular complexity index is 1840. The molecule has 7 rings (SSSR count). The van der Waals surface area contributed by atoms with E-state index in [0.29, 0.717) is 30.8 Å². The molecular weight excluding hydrogens is 609 g/mol. The Hall–Kier alpha value is -3.39. The lowest BCUT2D eigenvalue weighted by Crippen LogP contribution is -2.62. The van der Waals surface area contributed by atoms with Gasteiger partial charge in [-0.15, -0.1) is 4.72 Å². The van der Waals surface area contributed by atoms with E-state index in [4.69, 9.17) is 19.4 Å². The number of aromatic nitrogens is 3. The van der Waals surface area contributed by atoms with Gasteiger partial charge in [-0.25, -0.2) is 4.98 Å². The second-order valence-corrected chi connectivity index (χ2v) is 16.2. The largest absolute Gasteiger partial charge is 0.598 e. The number of rotatable bonds is 7. The predicted octanol–water partition coefficient (Wildman–Crippen LogP) is 1.98. The quantitative estimate of drug-likeness (QED) is 0.243. The fourth-order valence-corrected chi connectivity index (χ4v) is 7.69. The number of pyridine rings is 1. The van der Waals surface area contributed by atoms with Crippen molar-refractivity contribution in [3.05, 3.63) is 77.4 Å². The minimum atomic E-state index is -3.03. The van der Waals surface area contributed by atoms with Gasteiger partial charge in [-0.1, -0.05) is 18.2 Å². The number of nitrogens with zero attached hydrogens (tertiary/aromatic N) is 4. The molecule has 2 aromatic carbocycles. The van der Waals surface area contributed by atoms with E-state index in [0.717, 1.165) is 33.7 Å². The minimum Gasteiger partial charge on any atom is -0.598 e. The molecular formula is C31H34B3F2N5O4S. The van der Waals surface area contributed by atoms with Crippen LogP contribution in [0.1, 0.15) is 66.7 Å². The molecule has 236 valence electrons. The maximum absolute atomic E-state index is 14.0. The number of ether oxygens (including phenoxy) is 2. The maximum Gasteiger partial charge on any atom is 0.387 e. The average Bonchev–Trinajstić information content (AvgIpc) is 3.46. The number of hydrogen-bond acceptors (Lipinski definition) is 7. The van der Waals surface area contributed by atoms with Crippen LogP contribution in [-0.2, 0) is 21.6 Å². The molecule has 5 heterocycles. The number of benzene rings is 2. The van der Waals surface area contributed by atoms with Gasteiger partial charge in [0.2, 0.25) is 0 Å². The van der Waals surface area contributed by atoms with Crippen molar-refractivity contribution in [2.75, 3.05) is 13.2 Å². The first-order chi connectivity index (χ1) is 21.7. The Balaban J connectivity index is 1.31. The maximum atomic E-state index is 14.0. The fourth-order valence-electron chi connectivity index (χ4n) is 6.80. The topological polar surface area (TPSA) is 105 Å². The zero-order chi connectivity index (χ0) is 32.8. The van der Waals surface area contributed by atoms with Gasteiger partial charge in [0.15, 0.2) is 5.54 Å². The van der Waals surface area contributed by atoms with Gasteiger partial charge in [0.25, 0.3) is 5.91 Å². The number of carbonyl (C=O) groups excluding carboxylic acids is 1. The third-order valence-electron chi connectivity index (χ3n) is 9.00. The molecule has 1 amide bonds. The van der Waals surface area contributed by atoms with Crippen LogP contribution in [0.5, 0.6) is 5.75 Å². The van der Waals surface area contributed by atoms with Crippen molar-refractivity contribution in [2.45, 2.75) is 61.4 Å². The molecule has 1 saturated heterocycles. The first-order valence-corrected chi connectivity index (χ1v) is 16.5. The van der Waals surface area contributed by atoms with Crippen LogP contribution in [0.3, 0.4) is 0 Å². The highest BCUT2D eigenvalue weighted by Gasteiger charge is 2.50. The van der Waals surface area contributed by atoms with E-state index >= 15 is 0 Å². The van der Waals surface area contributed by atoms with Gasteiger partial charge in [0.1, 0.15) is 39.9 Å². The SMILES string of the molecule is BC(B)(B)N1C(=O)c2cccc(OC(F)F)c2[C@H]2C[C@@H]1c1nc3ccc(-c4ccc(C5(N[S+]([O-])C(C)(C)C)COC5)nc4)cc3n12. The van der Waals surface area contributed by atoms with Crippen molar-refractivity contribution in [1.82, 2.24) is 24.2 Å². The van der Waals surface area contributed by atoms with Crippen molar-refractivity contribution in [3.8, 4) is 16.9 Å². The molecule has 2 bridgehead atoms. The standard InChI is InChI=1S/C31H34B3F2N5O4S/c1-29(2,3)46(43)39-30(14-44-15-30)24-10-8-17(13-37-24)16-7-9-19-20(11-16)40-21-12-22(26(40)38-19)41(31(32,33)34)27(42)18-5-4-6-23(25(18)21)45-28(35)36/h4-11,13,21-22,28,39H,12,14-15,32-34H2,1-3H3/t21-,22-,46?/m1/s1. The molecule has 0 saturated carbocycles. The van der Waals surface area contributed by atoms with Gasteiger partial charge < -0.3 is 23.5 Å². The van der Waals surface area contributed by atoms with Gasteiger partial charge in [0.05, 0.1) is 42.0 Å². The highest BCUT2D eigenvalue weighted by atomic mass is 32.2. The van der Waals surface area contributed by atoms with Crippen LogP contribution in [0.4, 0.5) is 8.78 Å². The number of imidazole rings is 1. The number of nitrogens with one attached hydrogen (secondary N) is 1. The Kier molecular flexibility index (Phi) is 7.35. The van der Waals surface area contributed by atoms with Crippen molar-refractivity contribution in [1.29, 1.82) is 0 Å². The third kappa shape index (κ3) is 5.03. The van der Waals surface area contributed by atoms with Gasteiger partial charge in [0, 0.05) is 40.7 Å². The van der Waals surface area contributed by atoms with Gasteiger partial charge in [-0.3, -0.25) is 9.78 Å². The molecule has 4 aromatic rings. The summed E-state index contributed by atoms with van der Waals surface area (Å²) in [7, 11) is 5.92. The van der Waals surface area contributed by atoms with E-state index in [1.165, 1.54) is 6.07 Å². The summed E-state index contributed by atoms with van der Waals surface area (Å²) >= 11 is -1.30. The zero-order valence-corrected chi connectivity index (χ0v) is 27.5. The van der Waals surface area contributed by atoms with E-state index in [-0.39, 0.29) is 17.7 Å². The van der Waals surface area contributed by atoms with Crippen molar-refractivity contribution in [2.24, 2.45) is 0 Å². The van der Waals surface area contributed by atoms with Gasteiger partial charge in [-0.2, -0.15) is 8.78 Å². The summed E-state index contributed by atoms with van der Waals surface area (Å²) in [6.07, 6.45) is 2.29. The fraction of sp³-hybridized carbons (Fsp3) is 0.387. The molecule has 2 aromatic heterocycles. The van der Waals surface area contributed by atoms with E-state index < -0.39 is 39.5 Å². The van der Waals surface area contributed by atoms with Crippen LogP contribution in [0, 0.1) is 0 Å².